The van der Waals surface area contributed by atoms with Gasteiger partial charge >= 0.3 is 0 Å². The lowest BCUT2D eigenvalue weighted by Gasteiger charge is -2.23. The monoisotopic (exact) mass is 297 g/mol. The molecule has 4 nitrogen and oxygen atoms in total. The number of nitrogens with zero attached hydrogens (tertiary/aromatic N) is 2. The minimum atomic E-state index is 0.213. The van der Waals surface area contributed by atoms with Crippen molar-refractivity contribution in [3.8, 4) is 0 Å². The predicted molar refractivity (Wildman–Crippen MR) is 88.8 cm³/mol. The summed E-state index contributed by atoms with van der Waals surface area (Å²) in [6.45, 7) is 7.05. The van der Waals surface area contributed by atoms with Crippen molar-refractivity contribution in [2.24, 2.45) is 0 Å². The predicted octanol–water partition coefficient (Wildman–Crippen LogP) is 3.29. The SMILES string of the molecule is CCC1C=CCN1C(=O)CCc1nc2c(C)c(C)ccc2[nH]1. The molecule has 1 aromatic heterocycles. The largest absolute Gasteiger partial charge is 0.342 e. The molecular formula is C18H23N3O. The Balaban J connectivity index is 1.69. The maximum Gasteiger partial charge on any atom is 0.223 e. The average molecular weight is 297 g/mol. The fourth-order valence-corrected chi connectivity index (χ4v) is 3.07. The molecule has 22 heavy (non-hydrogen) atoms. The maximum atomic E-state index is 12.4. The van der Waals surface area contributed by atoms with E-state index in [2.05, 4.69) is 55.0 Å². The summed E-state index contributed by atoms with van der Waals surface area (Å²) in [5.74, 6) is 1.11. The van der Waals surface area contributed by atoms with Crippen LogP contribution in [0.1, 0.15) is 36.7 Å². The molecule has 0 saturated heterocycles. The number of nitrogens with one attached hydrogen (secondary N) is 1. The number of carbonyl (C=O) groups excluding carboxylic acids is 1. The molecule has 2 aromatic rings. The first-order chi connectivity index (χ1) is 10.6. The van der Waals surface area contributed by atoms with Crippen LogP contribution in [0.15, 0.2) is 24.3 Å². The van der Waals surface area contributed by atoms with E-state index in [9.17, 15) is 4.79 Å². The van der Waals surface area contributed by atoms with Crippen molar-refractivity contribution in [2.45, 2.75) is 46.1 Å². The molecule has 0 aliphatic carbocycles. The number of aromatic nitrogens is 2. The molecule has 0 saturated carbocycles. The highest BCUT2D eigenvalue weighted by atomic mass is 16.2. The topological polar surface area (TPSA) is 49.0 Å². The third-order valence-electron chi connectivity index (χ3n) is 4.60. The summed E-state index contributed by atoms with van der Waals surface area (Å²) in [6, 6.07) is 4.44. The number of aryl methyl sites for hydroxylation is 3. The first-order valence-electron chi connectivity index (χ1n) is 8.01. The van der Waals surface area contributed by atoms with Gasteiger partial charge in [0.15, 0.2) is 0 Å². The number of hydrogen-bond donors (Lipinski definition) is 1. The van der Waals surface area contributed by atoms with Crippen LogP contribution in [0.3, 0.4) is 0 Å². The van der Waals surface area contributed by atoms with Gasteiger partial charge in [0, 0.05) is 19.4 Å². The fraction of sp³-hybridized carbons (Fsp3) is 0.444. The summed E-state index contributed by atoms with van der Waals surface area (Å²) in [7, 11) is 0. The molecule has 1 atom stereocenters. The van der Waals surface area contributed by atoms with E-state index in [1.165, 1.54) is 11.1 Å². The molecule has 0 spiro atoms. The van der Waals surface area contributed by atoms with Gasteiger partial charge in [-0.3, -0.25) is 4.79 Å². The number of benzene rings is 1. The van der Waals surface area contributed by atoms with Gasteiger partial charge in [-0.25, -0.2) is 4.98 Å². The van der Waals surface area contributed by atoms with E-state index in [-0.39, 0.29) is 11.9 Å². The van der Waals surface area contributed by atoms with Crippen molar-refractivity contribution in [1.29, 1.82) is 0 Å². The summed E-state index contributed by atoms with van der Waals surface area (Å²) < 4.78 is 0. The highest BCUT2D eigenvalue weighted by Crippen LogP contribution is 2.20. The van der Waals surface area contributed by atoms with Crippen LogP contribution in [0, 0.1) is 13.8 Å². The Morgan fingerprint density at radius 2 is 2.23 bits per heavy atom. The van der Waals surface area contributed by atoms with Crippen LogP contribution in [0.25, 0.3) is 11.0 Å². The molecular weight excluding hydrogens is 274 g/mol. The molecule has 1 aliphatic rings. The molecule has 0 fully saturated rings. The minimum Gasteiger partial charge on any atom is -0.342 e. The van der Waals surface area contributed by atoms with E-state index in [0.29, 0.717) is 12.8 Å². The molecule has 1 aromatic carbocycles. The second-order valence-corrected chi connectivity index (χ2v) is 6.04. The average Bonchev–Trinajstić information content (AvgIpc) is 3.15. The molecule has 0 radical (unpaired) electrons. The Hall–Kier alpha value is -2.10. The Kier molecular flexibility index (Phi) is 4.01. The standard InChI is InChI=1S/C18H23N3O/c1-4-14-6-5-11-21(14)17(22)10-9-16-19-15-8-7-12(2)13(3)18(15)20-16/h5-8,14H,4,9-11H2,1-3H3,(H,19,20). The number of fused-ring (bicyclic) bond motifs is 1. The zero-order valence-corrected chi connectivity index (χ0v) is 13.5. The Labute approximate surface area is 131 Å². The van der Waals surface area contributed by atoms with Crippen molar-refractivity contribution in [2.75, 3.05) is 6.54 Å². The van der Waals surface area contributed by atoms with E-state index in [0.717, 1.165) is 29.8 Å². The zero-order valence-electron chi connectivity index (χ0n) is 13.5. The summed E-state index contributed by atoms with van der Waals surface area (Å²) in [5, 5.41) is 0. The van der Waals surface area contributed by atoms with E-state index in [1.807, 2.05) is 4.90 Å². The van der Waals surface area contributed by atoms with Crippen molar-refractivity contribution >= 4 is 16.9 Å². The molecule has 2 heterocycles. The quantitative estimate of drug-likeness (QED) is 0.880. The van der Waals surface area contributed by atoms with Crippen molar-refractivity contribution in [3.63, 3.8) is 0 Å². The minimum absolute atomic E-state index is 0.213. The second-order valence-electron chi connectivity index (χ2n) is 6.04. The molecule has 116 valence electrons. The Morgan fingerprint density at radius 3 is 3.00 bits per heavy atom. The second kappa shape index (κ2) is 5.95. The summed E-state index contributed by atoms with van der Waals surface area (Å²) >= 11 is 0. The summed E-state index contributed by atoms with van der Waals surface area (Å²) in [5.41, 5.74) is 4.54. The van der Waals surface area contributed by atoms with Gasteiger partial charge in [-0.2, -0.15) is 0 Å². The summed E-state index contributed by atoms with van der Waals surface area (Å²) in [6.07, 6.45) is 6.37. The Morgan fingerprint density at radius 1 is 1.41 bits per heavy atom. The third-order valence-corrected chi connectivity index (χ3v) is 4.60. The molecule has 1 unspecified atom stereocenters. The van der Waals surface area contributed by atoms with E-state index in [4.69, 9.17) is 0 Å². The third kappa shape index (κ3) is 2.65. The number of H-pyrrole nitrogens is 1. The first-order valence-corrected chi connectivity index (χ1v) is 8.01. The molecule has 1 aliphatic heterocycles. The number of amides is 1. The number of imidazole rings is 1. The van der Waals surface area contributed by atoms with Gasteiger partial charge in [-0.1, -0.05) is 25.1 Å². The van der Waals surface area contributed by atoms with Crippen LogP contribution < -0.4 is 0 Å². The van der Waals surface area contributed by atoms with Crippen molar-refractivity contribution in [3.05, 3.63) is 41.2 Å². The molecule has 4 heteroatoms. The van der Waals surface area contributed by atoms with Gasteiger partial charge in [0.2, 0.25) is 5.91 Å². The molecule has 1 N–H and O–H groups in total. The van der Waals surface area contributed by atoms with E-state index in [1.54, 1.807) is 0 Å². The number of hydrogen-bond acceptors (Lipinski definition) is 2. The zero-order chi connectivity index (χ0) is 15.7. The lowest BCUT2D eigenvalue weighted by Crippen LogP contribution is -2.35. The summed E-state index contributed by atoms with van der Waals surface area (Å²) in [4.78, 5) is 22.3. The fourth-order valence-electron chi connectivity index (χ4n) is 3.07. The van der Waals surface area contributed by atoms with Crippen LogP contribution in [-0.2, 0) is 11.2 Å². The highest BCUT2D eigenvalue weighted by Gasteiger charge is 2.23. The smallest absolute Gasteiger partial charge is 0.223 e. The van der Waals surface area contributed by atoms with Gasteiger partial charge in [-0.15, -0.1) is 0 Å². The molecule has 0 bridgehead atoms. The maximum absolute atomic E-state index is 12.4. The van der Waals surface area contributed by atoms with Gasteiger partial charge in [-0.05, 0) is 37.5 Å². The van der Waals surface area contributed by atoms with Gasteiger partial charge in [0.25, 0.3) is 0 Å². The highest BCUT2D eigenvalue weighted by molar-refractivity contribution is 5.80. The first kappa shape index (κ1) is 14.8. The van der Waals surface area contributed by atoms with Crippen LogP contribution in [0.5, 0.6) is 0 Å². The van der Waals surface area contributed by atoms with Crippen LogP contribution >= 0.6 is 0 Å². The van der Waals surface area contributed by atoms with Crippen LogP contribution in [0.2, 0.25) is 0 Å². The normalized spacial score (nSPS) is 17.6. The number of rotatable bonds is 4. The van der Waals surface area contributed by atoms with Crippen molar-refractivity contribution < 1.29 is 4.79 Å². The van der Waals surface area contributed by atoms with E-state index < -0.39 is 0 Å². The van der Waals surface area contributed by atoms with Crippen LogP contribution in [-0.4, -0.2) is 33.4 Å². The van der Waals surface area contributed by atoms with E-state index >= 15 is 0 Å². The van der Waals surface area contributed by atoms with Gasteiger partial charge < -0.3 is 9.88 Å². The lowest BCUT2D eigenvalue weighted by molar-refractivity contribution is -0.131. The van der Waals surface area contributed by atoms with Crippen LogP contribution in [0.4, 0.5) is 0 Å². The number of carbonyl (C=O) groups is 1. The van der Waals surface area contributed by atoms with Gasteiger partial charge in [0.1, 0.15) is 5.82 Å². The van der Waals surface area contributed by atoms with Crippen molar-refractivity contribution in [1.82, 2.24) is 14.9 Å². The lowest BCUT2D eigenvalue weighted by atomic mass is 10.1. The molecule has 1 amide bonds. The number of aromatic amines is 1. The Bertz CT molecular complexity index is 729. The van der Waals surface area contributed by atoms with Gasteiger partial charge in [0.05, 0.1) is 17.1 Å². The molecule has 3 rings (SSSR count).